The topological polar surface area (TPSA) is 75.8 Å². The summed E-state index contributed by atoms with van der Waals surface area (Å²) < 4.78 is 5.54. The highest BCUT2D eigenvalue weighted by Gasteiger charge is 2.18. The molecule has 1 aliphatic rings. The number of carboxylic acid groups (broad SMARTS) is 1. The van der Waals surface area contributed by atoms with Crippen LogP contribution in [0.1, 0.15) is 0 Å². The molecular formula is C9H18N2O3S. The third kappa shape index (κ3) is 4.83. The van der Waals surface area contributed by atoms with Gasteiger partial charge in [0.25, 0.3) is 0 Å². The first-order valence-electron chi connectivity index (χ1n) is 4.96. The van der Waals surface area contributed by atoms with Crippen LogP contribution >= 0.6 is 11.8 Å². The predicted molar refractivity (Wildman–Crippen MR) is 60.2 cm³/mol. The molecule has 0 aromatic heterocycles. The highest BCUT2D eigenvalue weighted by molar-refractivity contribution is 7.99. The van der Waals surface area contributed by atoms with Gasteiger partial charge in [0.15, 0.2) is 0 Å². The number of thioether (sulfide) groups is 1. The summed E-state index contributed by atoms with van der Waals surface area (Å²) in [7, 11) is 2.06. The van der Waals surface area contributed by atoms with E-state index in [-0.39, 0.29) is 6.10 Å². The normalized spacial score (nSPS) is 25.1. The molecule has 2 atom stereocenters. The van der Waals surface area contributed by atoms with Gasteiger partial charge in [-0.3, -0.25) is 4.79 Å². The van der Waals surface area contributed by atoms with Gasteiger partial charge < -0.3 is 20.5 Å². The number of nitrogens with two attached hydrogens (primary N) is 1. The largest absolute Gasteiger partial charge is 0.480 e. The Morgan fingerprint density at radius 2 is 2.53 bits per heavy atom. The molecule has 1 heterocycles. The lowest BCUT2D eigenvalue weighted by Gasteiger charge is -2.29. The molecule has 88 valence electrons. The number of carboxylic acids is 1. The Kier molecular flexibility index (Phi) is 5.38. The van der Waals surface area contributed by atoms with Crippen LogP contribution in [0.2, 0.25) is 0 Å². The van der Waals surface area contributed by atoms with Crippen molar-refractivity contribution >= 4 is 17.7 Å². The second-order valence-electron chi connectivity index (χ2n) is 3.74. The Morgan fingerprint density at radius 3 is 3.13 bits per heavy atom. The van der Waals surface area contributed by atoms with E-state index in [4.69, 9.17) is 15.6 Å². The Morgan fingerprint density at radius 1 is 1.80 bits per heavy atom. The third-order valence-corrected chi connectivity index (χ3v) is 3.46. The van der Waals surface area contributed by atoms with Crippen LogP contribution < -0.4 is 5.73 Å². The summed E-state index contributed by atoms with van der Waals surface area (Å²) in [5, 5.41) is 8.58. The Bertz CT molecular complexity index is 216. The molecule has 6 heteroatoms. The summed E-state index contributed by atoms with van der Waals surface area (Å²) in [4.78, 5) is 12.7. The van der Waals surface area contributed by atoms with Gasteiger partial charge in [-0.2, -0.15) is 11.8 Å². The van der Waals surface area contributed by atoms with Crippen LogP contribution in [0.25, 0.3) is 0 Å². The molecule has 5 nitrogen and oxygen atoms in total. The number of hydrogen-bond acceptors (Lipinski definition) is 5. The molecule has 0 aromatic carbocycles. The molecule has 1 aliphatic heterocycles. The van der Waals surface area contributed by atoms with Gasteiger partial charge in [-0.15, -0.1) is 0 Å². The van der Waals surface area contributed by atoms with Crippen molar-refractivity contribution in [3.63, 3.8) is 0 Å². The fourth-order valence-corrected chi connectivity index (χ4v) is 2.36. The maximum absolute atomic E-state index is 10.5. The fraction of sp³-hybridized carbons (Fsp3) is 0.889. The zero-order valence-electron chi connectivity index (χ0n) is 8.89. The number of rotatable bonds is 5. The zero-order valence-corrected chi connectivity index (χ0v) is 9.70. The molecule has 0 aliphatic carbocycles. The summed E-state index contributed by atoms with van der Waals surface area (Å²) in [5.74, 6) is 0.314. The predicted octanol–water partition coefficient (Wildman–Crippen LogP) is -0.538. The van der Waals surface area contributed by atoms with E-state index in [0.717, 1.165) is 25.4 Å². The minimum atomic E-state index is -0.941. The van der Waals surface area contributed by atoms with E-state index >= 15 is 0 Å². The number of likely N-dealkylation sites (N-methyl/N-ethyl adjacent to an activating group) is 1. The van der Waals surface area contributed by atoms with Crippen LogP contribution in [0.5, 0.6) is 0 Å². The first kappa shape index (κ1) is 12.8. The van der Waals surface area contributed by atoms with Gasteiger partial charge in [0.1, 0.15) is 6.04 Å². The lowest BCUT2D eigenvalue weighted by atomic mass is 10.3. The van der Waals surface area contributed by atoms with Crippen molar-refractivity contribution < 1.29 is 14.6 Å². The number of aliphatic carboxylic acids is 1. The lowest BCUT2D eigenvalue weighted by molar-refractivity contribution is -0.137. The Balaban J connectivity index is 2.11. The molecule has 3 N–H and O–H groups in total. The van der Waals surface area contributed by atoms with E-state index < -0.39 is 12.0 Å². The Hall–Kier alpha value is -0.300. The van der Waals surface area contributed by atoms with E-state index in [1.807, 2.05) is 0 Å². The molecule has 1 unspecified atom stereocenters. The van der Waals surface area contributed by atoms with Crippen molar-refractivity contribution in [2.75, 3.05) is 38.2 Å². The number of morpholine rings is 1. The smallest absolute Gasteiger partial charge is 0.321 e. The van der Waals surface area contributed by atoms with Gasteiger partial charge in [-0.1, -0.05) is 0 Å². The molecule has 15 heavy (non-hydrogen) atoms. The first-order valence-corrected chi connectivity index (χ1v) is 6.11. The second kappa shape index (κ2) is 6.32. The molecule has 0 bridgehead atoms. The maximum Gasteiger partial charge on any atom is 0.321 e. The van der Waals surface area contributed by atoms with Gasteiger partial charge in [0.2, 0.25) is 0 Å². The SMILES string of the molecule is CN1CCOC(CSC[C@H](N)C(=O)O)C1. The zero-order chi connectivity index (χ0) is 11.3. The van der Waals surface area contributed by atoms with Crippen molar-refractivity contribution in [1.82, 2.24) is 4.90 Å². The highest BCUT2D eigenvalue weighted by Crippen LogP contribution is 2.11. The summed E-state index contributed by atoms with van der Waals surface area (Å²) in [6, 6.07) is -0.767. The van der Waals surface area contributed by atoms with Gasteiger partial charge in [-0.05, 0) is 7.05 Å². The van der Waals surface area contributed by atoms with Crippen LogP contribution in [0, 0.1) is 0 Å². The number of carbonyl (C=O) groups is 1. The molecule has 1 saturated heterocycles. The average Bonchev–Trinajstić information content (AvgIpc) is 2.17. The van der Waals surface area contributed by atoms with E-state index in [0.29, 0.717) is 5.75 Å². The van der Waals surface area contributed by atoms with E-state index in [9.17, 15) is 4.79 Å². The van der Waals surface area contributed by atoms with Gasteiger partial charge in [-0.25, -0.2) is 0 Å². The van der Waals surface area contributed by atoms with Crippen LogP contribution in [-0.4, -0.2) is 66.4 Å². The molecule has 1 rings (SSSR count). The summed E-state index contributed by atoms with van der Waals surface area (Å²) >= 11 is 1.54. The summed E-state index contributed by atoms with van der Waals surface area (Å²) in [6.45, 7) is 2.64. The van der Waals surface area contributed by atoms with Crippen molar-refractivity contribution in [2.24, 2.45) is 5.73 Å². The van der Waals surface area contributed by atoms with Crippen LogP contribution in [0.3, 0.4) is 0 Å². The minimum absolute atomic E-state index is 0.203. The number of hydrogen-bond donors (Lipinski definition) is 2. The third-order valence-electron chi connectivity index (χ3n) is 2.26. The molecular weight excluding hydrogens is 216 g/mol. The molecule has 0 radical (unpaired) electrons. The minimum Gasteiger partial charge on any atom is -0.480 e. The van der Waals surface area contributed by atoms with Gasteiger partial charge in [0.05, 0.1) is 12.7 Å². The van der Waals surface area contributed by atoms with Crippen LogP contribution in [0.4, 0.5) is 0 Å². The highest BCUT2D eigenvalue weighted by atomic mass is 32.2. The Labute approximate surface area is 93.9 Å². The van der Waals surface area contributed by atoms with E-state index in [2.05, 4.69) is 11.9 Å². The van der Waals surface area contributed by atoms with E-state index in [1.54, 1.807) is 11.8 Å². The van der Waals surface area contributed by atoms with Crippen LogP contribution in [0.15, 0.2) is 0 Å². The molecule has 1 fully saturated rings. The summed E-state index contributed by atoms with van der Waals surface area (Å²) in [6.07, 6.45) is 0.203. The molecule has 0 amide bonds. The number of ether oxygens (including phenoxy) is 1. The second-order valence-corrected chi connectivity index (χ2v) is 4.81. The quantitative estimate of drug-likeness (QED) is 0.665. The van der Waals surface area contributed by atoms with Crippen molar-refractivity contribution in [1.29, 1.82) is 0 Å². The lowest BCUT2D eigenvalue weighted by Crippen LogP contribution is -2.41. The monoisotopic (exact) mass is 234 g/mol. The first-order chi connectivity index (χ1) is 7.09. The fourth-order valence-electron chi connectivity index (χ4n) is 1.37. The van der Waals surface area contributed by atoms with Gasteiger partial charge in [0, 0.05) is 24.6 Å². The summed E-state index contributed by atoms with van der Waals surface area (Å²) in [5.41, 5.74) is 5.39. The number of nitrogens with zero attached hydrogens (tertiary/aromatic N) is 1. The van der Waals surface area contributed by atoms with Crippen molar-refractivity contribution in [2.45, 2.75) is 12.1 Å². The van der Waals surface area contributed by atoms with E-state index in [1.165, 1.54) is 0 Å². The average molecular weight is 234 g/mol. The van der Waals surface area contributed by atoms with Crippen molar-refractivity contribution in [3.8, 4) is 0 Å². The molecule has 0 aromatic rings. The molecule has 0 saturated carbocycles. The molecule has 0 spiro atoms. The van der Waals surface area contributed by atoms with Gasteiger partial charge >= 0.3 is 5.97 Å². The van der Waals surface area contributed by atoms with Crippen molar-refractivity contribution in [3.05, 3.63) is 0 Å². The maximum atomic E-state index is 10.5. The standard InChI is InChI=1S/C9H18N2O3S/c1-11-2-3-14-7(4-11)5-15-6-8(10)9(12)13/h7-8H,2-6,10H2,1H3,(H,12,13)/t7?,8-/m0/s1. The van der Waals surface area contributed by atoms with Crippen LogP contribution in [-0.2, 0) is 9.53 Å².